The minimum absolute atomic E-state index is 0.141. The first-order valence-corrected chi connectivity index (χ1v) is 9.59. The number of carbonyl (C=O) groups is 1. The lowest BCUT2D eigenvalue weighted by atomic mass is 9.97. The zero-order chi connectivity index (χ0) is 22.2. The van der Waals surface area contributed by atoms with Crippen molar-refractivity contribution in [3.8, 4) is 28.6 Å². The van der Waals surface area contributed by atoms with Gasteiger partial charge in [-0.2, -0.15) is 0 Å². The van der Waals surface area contributed by atoms with Gasteiger partial charge in [0, 0.05) is 5.56 Å². The topological polar surface area (TPSA) is 75.0 Å². The second kappa shape index (κ2) is 7.86. The summed E-state index contributed by atoms with van der Waals surface area (Å²) in [6, 6.07) is 8.67. The van der Waals surface area contributed by atoms with Crippen LogP contribution in [0.1, 0.15) is 31.9 Å². The van der Waals surface area contributed by atoms with E-state index in [2.05, 4.69) is 0 Å². The quantitative estimate of drug-likeness (QED) is 0.561. The normalized spacial score (nSPS) is 11.4. The molecule has 1 heterocycles. The highest BCUT2D eigenvalue weighted by atomic mass is 16.5. The van der Waals surface area contributed by atoms with E-state index in [0.29, 0.717) is 28.0 Å². The van der Waals surface area contributed by atoms with Gasteiger partial charge in [0.15, 0.2) is 17.3 Å². The second-order valence-electron chi connectivity index (χ2n) is 8.23. The second-order valence-corrected chi connectivity index (χ2v) is 8.23. The minimum atomic E-state index is -0.792. The molecule has 0 N–H and O–H groups in total. The molecule has 0 amide bonds. The van der Waals surface area contributed by atoms with Crippen LogP contribution in [0, 0.1) is 19.3 Å². The Morgan fingerprint density at radius 2 is 1.57 bits per heavy atom. The molecular weight excluding hydrogens is 384 g/mol. The Bertz CT molecular complexity index is 1180. The van der Waals surface area contributed by atoms with Gasteiger partial charge in [0.25, 0.3) is 0 Å². The number of fused-ring (bicyclic) bond motifs is 1. The van der Waals surface area contributed by atoms with Gasteiger partial charge in [-0.3, -0.25) is 9.59 Å². The molecular formula is C24H26O6. The number of rotatable bonds is 4. The van der Waals surface area contributed by atoms with E-state index in [1.54, 1.807) is 45.0 Å². The number of esters is 1. The van der Waals surface area contributed by atoms with E-state index in [4.69, 9.17) is 18.6 Å². The molecule has 3 aromatic rings. The fourth-order valence-electron chi connectivity index (χ4n) is 2.94. The Kier molecular flexibility index (Phi) is 5.61. The average Bonchev–Trinajstić information content (AvgIpc) is 2.70. The zero-order valence-electron chi connectivity index (χ0n) is 18.3. The Morgan fingerprint density at radius 1 is 0.933 bits per heavy atom. The monoisotopic (exact) mass is 410 g/mol. The molecule has 0 fully saturated rings. The van der Waals surface area contributed by atoms with Crippen LogP contribution in [0.4, 0.5) is 0 Å². The Labute approximate surface area is 175 Å². The van der Waals surface area contributed by atoms with Crippen molar-refractivity contribution in [1.29, 1.82) is 0 Å². The molecule has 0 aliphatic rings. The number of aryl methyl sites for hydroxylation is 2. The van der Waals surface area contributed by atoms with E-state index < -0.39 is 16.8 Å². The van der Waals surface area contributed by atoms with Gasteiger partial charge in [0.05, 0.1) is 25.0 Å². The van der Waals surface area contributed by atoms with Gasteiger partial charge in [0.1, 0.15) is 5.58 Å². The van der Waals surface area contributed by atoms with Crippen LogP contribution >= 0.6 is 0 Å². The molecule has 158 valence electrons. The summed E-state index contributed by atoms with van der Waals surface area (Å²) in [5, 5.41) is 0.360. The first kappa shape index (κ1) is 21.4. The van der Waals surface area contributed by atoms with Gasteiger partial charge in [-0.1, -0.05) is 0 Å². The van der Waals surface area contributed by atoms with Gasteiger partial charge in [-0.25, -0.2) is 0 Å². The summed E-state index contributed by atoms with van der Waals surface area (Å²) in [5.74, 6) is 0.488. The van der Waals surface area contributed by atoms with Crippen molar-refractivity contribution in [2.24, 2.45) is 5.41 Å². The van der Waals surface area contributed by atoms with E-state index in [1.807, 2.05) is 19.9 Å². The van der Waals surface area contributed by atoms with Crippen molar-refractivity contribution in [3.63, 3.8) is 0 Å². The molecule has 0 spiro atoms. The fraction of sp³-hybridized carbons (Fsp3) is 0.333. The summed E-state index contributed by atoms with van der Waals surface area (Å²) in [7, 11) is 3.06. The van der Waals surface area contributed by atoms with Gasteiger partial charge >= 0.3 is 5.97 Å². The molecule has 0 bridgehead atoms. The lowest BCUT2D eigenvalue weighted by Crippen LogP contribution is -2.28. The van der Waals surface area contributed by atoms with E-state index in [0.717, 1.165) is 11.1 Å². The first-order valence-electron chi connectivity index (χ1n) is 9.59. The predicted octanol–water partition coefficient (Wildman–Crippen LogP) is 5.05. The number of ether oxygens (including phenoxy) is 3. The van der Waals surface area contributed by atoms with Crippen molar-refractivity contribution in [1.82, 2.24) is 0 Å². The molecule has 0 aliphatic carbocycles. The highest BCUT2D eigenvalue weighted by Crippen LogP contribution is 2.37. The predicted molar refractivity (Wildman–Crippen MR) is 116 cm³/mol. The van der Waals surface area contributed by atoms with Crippen LogP contribution in [0.5, 0.6) is 17.2 Å². The molecule has 0 atom stereocenters. The van der Waals surface area contributed by atoms with Crippen molar-refractivity contribution in [2.45, 2.75) is 34.6 Å². The molecule has 0 saturated heterocycles. The van der Waals surface area contributed by atoms with E-state index in [1.165, 1.54) is 14.2 Å². The third-order valence-corrected chi connectivity index (χ3v) is 4.92. The molecule has 0 radical (unpaired) electrons. The molecule has 30 heavy (non-hydrogen) atoms. The van der Waals surface area contributed by atoms with E-state index in [-0.39, 0.29) is 11.5 Å². The smallest absolute Gasteiger partial charge is 0.316 e. The van der Waals surface area contributed by atoms with Crippen molar-refractivity contribution < 1.29 is 23.4 Å². The SMILES string of the molecule is COc1ccc(-c2oc3cc(C)c(C)cc3c(=O)c2OC(=O)C(C)(C)C)cc1OC. The van der Waals surface area contributed by atoms with Crippen LogP contribution < -0.4 is 19.6 Å². The Hall–Kier alpha value is -3.28. The third-order valence-electron chi connectivity index (χ3n) is 4.92. The molecule has 3 rings (SSSR count). The van der Waals surface area contributed by atoms with Crippen molar-refractivity contribution in [3.05, 3.63) is 51.7 Å². The van der Waals surface area contributed by atoms with Crippen LogP contribution in [0.3, 0.4) is 0 Å². The van der Waals surface area contributed by atoms with Crippen molar-refractivity contribution >= 4 is 16.9 Å². The van der Waals surface area contributed by atoms with Gasteiger partial charge in [0.2, 0.25) is 11.2 Å². The average molecular weight is 410 g/mol. The number of hydrogen-bond acceptors (Lipinski definition) is 6. The fourth-order valence-corrected chi connectivity index (χ4v) is 2.94. The molecule has 0 saturated carbocycles. The van der Waals surface area contributed by atoms with Gasteiger partial charge in [-0.15, -0.1) is 0 Å². The first-order chi connectivity index (χ1) is 14.1. The van der Waals surface area contributed by atoms with Crippen LogP contribution in [-0.4, -0.2) is 20.2 Å². The number of methoxy groups -OCH3 is 2. The third kappa shape index (κ3) is 3.90. The largest absolute Gasteiger partial charge is 0.493 e. The zero-order valence-corrected chi connectivity index (χ0v) is 18.3. The molecule has 0 unspecified atom stereocenters. The number of carbonyl (C=O) groups excluding carboxylic acids is 1. The number of benzene rings is 2. The Balaban J connectivity index is 2.33. The van der Waals surface area contributed by atoms with Gasteiger partial charge in [-0.05, 0) is 76.1 Å². The summed E-state index contributed by atoms with van der Waals surface area (Å²) < 4.78 is 22.4. The maximum atomic E-state index is 13.3. The Morgan fingerprint density at radius 3 is 2.17 bits per heavy atom. The summed E-state index contributed by atoms with van der Waals surface area (Å²) in [6.07, 6.45) is 0. The molecule has 6 heteroatoms. The maximum Gasteiger partial charge on any atom is 0.316 e. The van der Waals surface area contributed by atoms with E-state index in [9.17, 15) is 9.59 Å². The van der Waals surface area contributed by atoms with Crippen LogP contribution in [0.15, 0.2) is 39.5 Å². The minimum Gasteiger partial charge on any atom is -0.493 e. The standard InChI is InChI=1S/C24H26O6/c1-13-10-16-18(11-14(13)2)29-21(15-8-9-17(27-6)19(12-15)28-7)22(20(16)25)30-23(26)24(3,4)5/h8-12H,1-7H3. The molecule has 2 aromatic carbocycles. The highest BCUT2D eigenvalue weighted by Gasteiger charge is 2.28. The lowest BCUT2D eigenvalue weighted by Gasteiger charge is -2.18. The highest BCUT2D eigenvalue weighted by molar-refractivity contribution is 5.86. The summed E-state index contributed by atoms with van der Waals surface area (Å²) >= 11 is 0. The summed E-state index contributed by atoms with van der Waals surface area (Å²) in [4.78, 5) is 25.9. The van der Waals surface area contributed by atoms with Crippen LogP contribution in [0.2, 0.25) is 0 Å². The lowest BCUT2D eigenvalue weighted by molar-refractivity contribution is -0.143. The molecule has 0 aliphatic heterocycles. The van der Waals surface area contributed by atoms with E-state index >= 15 is 0 Å². The molecule has 6 nitrogen and oxygen atoms in total. The maximum absolute atomic E-state index is 13.3. The van der Waals surface area contributed by atoms with Crippen molar-refractivity contribution in [2.75, 3.05) is 14.2 Å². The van der Waals surface area contributed by atoms with Gasteiger partial charge < -0.3 is 18.6 Å². The summed E-state index contributed by atoms with van der Waals surface area (Å²) in [5.41, 5.74) is 1.69. The summed E-state index contributed by atoms with van der Waals surface area (Å²) in [6.45, 7) is 9.03. The van der Waals surface area contributed by atoms with Crippen LogP contribution in [0.25, 0.3) is 22.3 Å². The number of hydrogen-bond donors (Lipinski definition) is 0. The van der Waals surface area contributed by atoms with Crippen LogP contribution in [-0.2, 0) is 4.79 Å². The molecule has 1 aromatic heterocycles.